The highest BCUT2D eigenvalue weighted by Crippen LogP contribution is 2.26. The third-order valence-electron chi connectivity index (χ3n) is 4.02. The Hall–Kier alpha value is -1.79. The largest absolute Gasteiger partial charge is 0.378 e. The minimum Gasteiger partial charge on any atom is -0.378 e. The summed E-state index contributed by atoms with van der Waals surface area (Å²) >= 11 is 0. The summed E-state index contributed by atoms with van der Waals surface area (Å²) in [4.78, 5) is 14.3. The van der Waals surface area contributed by atoms with Crippen LogP contribution >= 0.6 is 0 Å². The lowest BCUT2D eigenvalue weighted by Crippen LogP contribution is -2.38. The van der Waals surface area contributed by atoms with Crippen molar-refractivity contribution in [1.29, 1.82) is 0 Å². The van der Waals surface area contributed by atoms with Crippen molar-refractivity contribution in [2.75, 3.05) is 49.7 Å². The predicted molar refractivity (Wildman–Crippen MR) is 85.5 cm³/mol. The third kappa shape index (κ3) is 3.90. The van der Waals surface area contributed by atoms with E-state index in [0.717, 1.165) is 57.1 Å². The lowest BCUT2D eigenvalue weighted by atomic mass is 10.2. The van der Waals surface area contributed by atoms with Crippen LogP contribution in [0.1, 0.15) is 12.8 Å². The molecule has 2 fully saturated rings. The molecule has 6 nitrogen and oxygen atoms in total. The van der Waals surface area contributed by atoms with Crippen LogP contribution in [0.2, 0.25) is 0 Å². The van der Waals surface area contributed by atoms with Crippen LogP contribution in [-0.4, -0.2) is 51.6 Å². The van der Waals surface area contributed by atoms with Crippen LogP contribution < -0.4 is 15.5 Å². The number of morpholine rings is 1. The third-order valence-corrected chi connectivity index (χ3v) is 4.02. The molecule has 1 unspecified atom stereocenters. The SMILES string of the molecule is O=C(NCC1CCCO1)Nc1ccccc1N1CCOCC1. The number of nitrogens with zero attached hydrogens (tertiary/aromatic N) is 1. The Morgan fingerprint density at radius 3 is 2.82 bits per heavy atom. The lowest BCUT2D eigenvalue weighted by Gasteiger charge is -2.30. The second-order valence-electron chi connectivity index (χ2n) is 5.59. The number of anilines is 2. The molecule has 2 amide bonds. The average molecular weight is 305 g/mol. The van der Waals surface area contributed by atoms with Gasteiger partial charge in [-0.05, 0) is 25.0 Å². The van der Waals surface area contributed by atoms with Crippen molar-refractivity contribution in [2.45, 2.75) is 18.9 Å². The molecule has 0 saturated carbocycles. The van der Waals surface area contributed by atoms with E-state index in [2.05, 4.69) is 15.5 Å². The van der Waals surface area contributed by atoms with Crippen molar-refractivity contribution in [3.63, 3.8) is 0 Å². The molecular formula is C16H23N3O3. The van der Waals surface area contributed by atoms with Crippen LogP contribution in [-0.2, 0) is 9.47 Å². The van der Waals surface area contributed by atoms with E-state index in [9.17, 15) is 4.79 Å². The molecule has 6 heteroatoms. The fourth-order valence-electron chi connectivity index (χ4n) is 2.84. The Bertz CT molecular complexity index is 497. The first-order valence-electron chi connectivity index (χ1n) is 7.91. The van der Waals surface area contributed by atoms with E-state index in [-0.39, 0.29) is 12.1 Å². The van der Waals surface area contributed by atoms with Crippen LogP contribution in [0, 0.1) is 0 Å². The molecule has 2 saturated heterocycles. The van der Waals surface area contributed by atoms with Crippen LogP contribution in [0.4, 0.5) is 16.2 Å². The average Bonchev–Trinajstić information content (AvgIpc) is 3.08. The molecule has 0 spiro atoms. The molecule has 0 aliphatic carbocycles. The fourth-order valence-corrected chi connectivity index (χ4v) is 2.84. The summed E-state index contributed by atoms with van der Waals surface area (Å²) in [7, 11) is 0. The Morgan fingerprint density at radius 2 is 2.05 bits per heavy atom. The van der Waals surface area contributed by atoms with Gasteiger partial charge in [0, 0.05) is 26.2 Å². The van der Waals surface area contributed by atoms with Gasteiger partial charge in [0.15, 0.2) is 0 Å². The molecule has 0 radical (unpaired) electrons. The number of hydrogen-bond donors (Lipinski definition) is 2. The van der Waals surface area contributed by atoms with Crippen molar-refractivity contribution in [2.24, 2.45) is 0 Å². The number of nitrogens with one attached hydrogen (secondary N) is 2. The normalized spacial score (nSPS) is 21.6. The van der Waals surface area contributed by atoms with Gasteiger partial charge in [0.2, 0.25) is 0 Å². The Morgan fingerprint density at radius 1 is 1.23 bits per heavy atom. The number of rotatable bonds is 4. The van der Waals surface area contributed by atoms with E-state index in [4.69, 9.17) is 9.47 Å². The molecule has 2 aliphatic rings. The monoisotopic (exact) mass is 305 g/mol. The zero-order valence-corrected chi connectivity index (χ0v) is 12.7. The Balaban J connectivity index is 1.57. The molecule has 22 heavy (non-hydrogen) atoms. The zero-order chi connectivity index (χ0) is 15.2. The highest BCUT2D eigenvalue weighted by Gasteiger charge is 2.18. The van der Waals surface area contributed by atoms with Gasteiger partial charge >= 0.3 is 6.03 Å². The molecule has 0 bridgehead atoms. The van der Waals surface area contributed by atoms with Crippen molar-refractivity contribution < 1.29 is 14.3 Å². The molecule has 2 N–H and O–H groups in total. The number of amides is 2. The number of carbonyl (C=O) groups excluding carboxylic acids is 1. The van der Waals surface area contributed by atoms with Gasteiger partial charge in [0.25, 0.3) is 0 Å². The summed E-state index contributed by atoms with van der Waals surface area (Å²) in [5.74, 6) is 0. The summed E-state index contributed by atoms with van der Waals surface area (Å²) < 4.78 is 10.9. The van der Waals surface area contributed by atoms with Crippen LogP contribution in [0.5, 0.6) is 0 Å². The van der Waals surface area contributed by atoms with E-state index in [1.807, 2.05) is 24.3 Å². The van der Waals surface area contributed by atoms with Gasteiger partial charge in [-0.3, -0.25) is 0 Å². The van der Waals surface area contributed by atoms with Crippen molar-refractivity contribution in [1.82, 2.24) is 5.32 Å². The van der Waals surface area contributed by atoms with Gasteiger partial charge in [-0.1, -0.05) is 12.1 Å². The van der Waals surface area contributed by atoms with Crippen LogP contribution in [0.3, 0.4) is 0 Å². The maximum absolute atomic E-state index is 12.1. The Labute approximate surface area is 130 Å². The number of urea groups is 1. The van der Waals surface area contributed by atoms with Crippen LogP contribution in [0.15, 0.2) is 24.3 Å². The maximum atomic E-state index is 12.1. The zero-order valence-electron chi connectivity index (χ0n) is 12.7. The number of benzene rings is 1. The molecule has 2 aliphatic heterocycles. The van der Waals surface area contributed by atoms with Crippen LogP contribution in [0.25, 0.3) is 0 Å². The standard InChI is InChI=1S/C16H23N3O3/c20-16(17-12-13-4-3-9-22-13)18-14-5-1-2-6-15(14)19-7-10-21-11-8-19/h1-2,5-6,13H,3-4,7-12H2,(H2,17,18,20). The Kier molecular flexibility index (Phi) is 5.13. The first-order chi connectivity index (χ1) is 10.8. The second kappa shape index (κ2) is 7.47. The summed E-state index contributed by atoms with van der Waals surface area (Å²) in [5.41, 5.74) is 1.87. The molecule has 3 rings (SSSR count). The quantitative estimate of drug-likeness (QED) is 0.891. The minimum absolute atomic E-state index is 0.153. The van der Waals surface area contributed by atoms with E-state index < -0.39 is 0 Å². The number of carbonyl (C=O) groups is 1. The van der Waals surface area contributed by atoms with E-state index in [1.165, 1.54) is 0 Å². The van der Waals surface area contributed by atoms with Gasteiger partial charge in [-0.25, -0.2) is 4.79 Å². The molecule has 1 atom stereocenters. The second-order valence-corrected chi connectivity index (χ2v) is 5.59. The minimum atomic E-state index is -0.184. The highest BCUT2D eigenvalue weighted by molar-refractivity contribution is 5.93. The summed E-state index contributed by atoms with van der Waals surface area (Å²) in [6.45, 7) is 4.49. The lowest BCUT2D eigenvalue weighted by molar-refractivity contribution is 0.112. The molecular weight excluding hydrogens is 282 g/mol. The smallest absolute Gasteiger partial charge is 0.319 e. The summed E-state index contributed by atoms with van der Waals surface area (Å²) in [5, 5.41) is 5.83. The number of para-hydroxylation sites is 2. The number of ether oxygens (including phenoxy) is 2. The van der Waals surface area contributed by atoms with Gasteiger partial charge in [0.05, 0.1) is 30.7 Å². The van der Waals surface area contributed by atoms with Gasteiger partial charge in [-0.15, -0.1) is 0 Å². The van der Waals surface area contributed by atoms with Crippen molar-refractivity contribution in [3.05, 3.63) is 24.3 Å². The molecule has 120 valence electrons. The molecule has 1 aromatic carbocycles. The van der Waals surface area contributed by atoms with Crippen molar-refractivity contribution in [3.8, 4) is 0 Å². The van der Waals surface area contributed by atoms with Gasteiger partial charge in [-0.2, -0.15) is 0 Å². The highest BCUT2D eigenvalue weighted by atomic mass is 16.5. The van der Waals surface area contributed by atoms with Gasteiger partial charge in [0.1, 0.15) is 0 Å². The molecule has 0 aromatic heterocycles. The number of hydrogen-bond acceptors (Lipinski definition) is 4. The van der Waals surface area contributed by atoms with E-state index in [1.54, 1.807) is 0 Å². The molecule has 2 heterocycles. The van der Waals surface area contributed by atoms with Gasteiger partial charge < -0.3 is 25.0 Å². The first kappa shape index (κ1) is 15.1. The fraction of sp³-hybridized carbons (Fsp3) is 0.562. The van der Waals surface area contributed by atoms with Crippen molar-refractivity contribution >= 4 is 17.4 Å². The predicted octanol–water partition coefficient (Wildman–Crippen LogP) is 1.82. The summed E-state index contributed by atoms with van der Waals surface area (Å²) in [6, 6.07) is 7.69. The van der Waals surface area contributed by atoms with E-state index in [0.29, 0.717) is 6.54 Å². The topological polar surface area (TPSA) is 62.8 Å². The maximum Gasteiger partial charge on any atom is 0.319 e. The summed E-state index contributed by atoms with van der Waals surface area (Å²) in [6.07, 6.45) is 2.25. The molecule has 1 aromatic rings. The van der Waals surface area contributed by atoms with E-state index >= 15 is 0 Å². The first-order valence-corrected chi connectivity index (χ1v) is 7.91.